The van der Waals surface area contributed by atoms with Crippen LogP contribution in [0.5, 0.6) is 0 Å². The van der Waals surface area contributed by atoms with Gasteiger partial charge in [-0.1, -0.05) is 17.9 Å². The number of carbonyl (C=O) groups excluding carboxylic acids is 1. The molecule has 0 spiro atoms. The van der Waals surface area contributed by atoms with E-state index in [0.717, 1.165) is 0 Å². The van der Waals surface area contributed by atoms with Crippen LogP contribution in [0.15, 0.2) is 18.2 Å². The Bertz CT molecular complexity index is 492. The van der Waals surface area contributed by atoms with Crippen LogP contribution in [0.4, 0.5) is 4.39 Å². The first kappa shape index (κ1) is 10.7. The van der Waals surface area contributed by atoms with Crippen LogP contribution in [0.1, 0.15) is 17.5 Å². The zero-order chi connectivity index (χ0) is 11.3. The molecule has 0 unspecified atom stereocenters. The number of hydrogen-bond donors (Lipinski definition) is 1. The lowest BCUT2D eigenvalue weighted by molar-refractivity contribution is -0.117. The van der Waals surface area contributed by atoms with Gasteiger partial charge in [0.05, 0.1) is 6.42 Å². The van der Waals surface area contributed by atoms with E-state index in [4.69, 9.17) is 11.0 Å². The molecule has 0 aliphatic carbocycles. The fourth-order valence-electron chi connectivity index (χ4n) is 0.968. The van der Waals surface area contributed by atoms with Crippen molar-refractivity contribution in [3.05, 3.63) is 35.1 Å². The molecule has 1 amide bonds. The second-order valence-electron chi connectivity index (χ2n) is 2.72. The predicted octanol–water partition coefficient (Wildman–Crippen LogP) is 0.924. The van der Waals surface area contributed by atoms with Gasteiger partial charge in [-0.05, 0) is 12.1 Å². The highest BCUT2D eigenvalue weighted by Gasteiger charge is 2.04. The average molecular weight is 202 g/mol. The summed E-state index contributed by atoms with van der Waals surface area (Å²) in [5.41, 5.74) is 5.02. The zero-order valence-electron chi connectivity index (χ0n) is 7.75. The lowest BCUT2D eigenvalue weighted by Crippen LogP contribution is -2.08. The fourth-order valence-corrected chi connectivity index (χ4v) is 0.968. The van der Waals surface area contributed by atoms with Gasteiger partial charge in [-0.15, -0.1) is 0 Å². The van der Waals surface area contributed by atoms with E-state index in [1.165, 1.54) is 18.2 Å². The molecule has 0 saturated carbocycles. The summed E-state index contributed by atoms with van der Waals surface area (Å²) in [4.78, 5) is 10.4. The van der Waals surface area contributed by atoms with Gasteiger partial charge in [0.2, 0.25) is 5.91 Å². The molecule has 0 aromatic heterocycles. The van der Waals surface area contributed by atoms with E-state index in [1.807, 2.05) is 0 Å². The van der Waals surface area contributed by atoms with Gasteiger partial charge in [0.15, 0.2) is 0 Å². The maximum absolute atomic E-state index is 13.1. The number of primary amides is 1. The van der Waals surface area contributed by atoms with Gasteiger partial charge in [-0.25, -0.2) is 4.39 Å². The maximum atomic E-state index is 13.1. The third-order valence-corrected chi connectivity index (χ3v) is 1.61. The van der Waals surface area contributed by atoms with Crippen LogP contribution < -0.4 is 5.73 Å². The van der Waals surface area contributed by atoms with Crippen molar-refractivity contribution < 1.29 is 9.18 Å². The highest BCUT2D eigenvalue weighted by Crippen LogP contribution is 2.10. The van der Waals surface area contributed by atoms with E-state index in [2.05, 4.69) is 11.8 Å². The lowest BCUT2D eigenvalue weighted by Gasteiger charge is -1.95. The smallest absolute Gasteiger partial charge is 0.229 e. The van der Waals surface area contributed by atoms with Crippen LogP contribution in [0.3, 0.4) is 0 Å². The van der Waals surface area contributed by atoms with Gasteiger partial charge in [-0.2, -0.15) is 5.26 Å². The molecule has 1 aromatic rings. The molecule has 0 fully saturated rings. The predicted molar refractivity (Wildman–Crippen MR) is 51.8 cm³/mol. The van der Waals surface area contributed by atoms with Crippen molar-refractivity contribution in [1.29, 1.82) is 5.26 Å². The Kier molecular flexibility index (Phi) is 3.43. The fraction of sp³-hybridized carbons (Fsp3) is 0.0909. The minimum absolute atomic E-state index is 0.110. The summed E-state index contributed by atoms with van der Waals surface area (Å²) in [5, 5.41) is 8.66. The first-order valence-corrected chi connectivity index (χ1v) is 4.11. The maximum Gasteiger partial charge on any atom is 0.229 e. The van der Waals surface area contributed by atoms with Crippen LogP contribution in [-0.4, -0.2) is 5.91 Å². The van der Waals surface area contributed by atoms with E-state index in [-0.39, 0.29) is 17.5 Å². The van der Waals surface area contributed by atoms with Crippen molar-refractivity contribution in [3.63, 3.8) is 0 Å². The normalized spacial score (nSPS) is 8.53. The van der Waals surface area contributed by atoms with Crippen LogP contribution in [0, 0.1) is 29.0 Å². The molecule has 0 saturated heterocycles. The molecule has 0 radical (unpaired) electrons. The SMILES string of the molecule is N#Cc1c(F)cccc1C#CCC(N)=O. The van der Waals surface area contributed by atoms with Gasteiger partial charge in [0.25, 0.3) is 0 Å². The van der Waals surface area contributed by atoms with Crippen molar-refractivity contribution in [2.24, 2.45) is 5.73 Å². The largest absolute Gasteiger partial charge is 0.369 e. The summed E-state index contributed by atoms with van der Waals surface area (Å²) < 4.78 is 13.1. The molecule has 0 atom stereocenters. The molecular formula is C11H7FN2O. The highest BCUT2D eigenvalue weighted by molar-refractivity contribution is 5.76. The molecule has 2 N–H and O–H groups in total. The zero-order valence-corrected chi connectivity index (χ0v) is 7.75. The van der Waals surface area contributed by atoms with Crippen molar-refractivity contribution in [3.8, 4) is 17.9 Å². The topological polar surface area (TPSA) is 66.9 Å². The Morgan fingerprint density at radius 2 is 2.27 bits per heavy atom. The van der Waals surface area contributed by atoms with Gasteiger partial charge in [0, 0.05) is 5.56 Å². The minimum Gasteiger partial charge on any atom is -0.369 e. The van der Waals surface area contributed by atoms with Crippen molar-refractivity contribution in [2.45, 2.75) is 6.42 Å². The summed E-state index contributed by atoms with van der Waals surface area (Å²) in [6.07, 6.45) is -0.110. The van der Waals surface area contributed by atoms with E-state index in [9.17, 15) is 9.18 Å². The molecule has 3 nitrogen and oxygen atoms in total. The van der Waals surface area contributed by atoms with Crippen LogP contribution in [-0.2, 0) is 4.79 Å². The Hall–Kier alpha value is -2.33. The summed E-state index contributed by atoms with van der Waals surface area (Å²) in [6, 6.07) is 5.85. The Labute approximate surface area is 86.3 Å². The second-order valence-corrected chi connectivity index (χ2v) is 2.72. The first-order valence-electron chi connectivity index (χ1n) is 4.11. The average Bonchev–Trinajstić information content (AvgIpc) is 2.17. The van der Waals surface area contributed by atoms with Gasteiger partial charge >= 0.3 is 0 Å². The molecule has 74 valence electrons. The van der Waals surface area contributed by atoms with Gasteiger partial charge in [0.1, 0.15) is 17.4 Å². The van der Waals surface area contributed by atoms with E-state index < -0.39 is 11.7 Å². The summed E-state index contributed by atoms with van der Waals surface area (Å²) in [5.74, 6) is 3.80. The second kappa shape index (κ2) is 4.78. The number of halogens is 1. The van der Waals surface area contributed by atoms with Crippen LogP contribution >= 0.6 is 0 Å². The molecule has 1 rings (SSSR count). The monoisotopic (exact) mass is 202 g/mol. The van der Waals surface area contributed by atoms with Gasteiger partial charge < -0.3 is 5.73 Å². The number of carbonyl (C=O) groups is 1. The molecule has 15 heavy (non-hydrogen) atoms. The quantitative estimate of drug-likeness (QED) is 0.688. The Morgan fingerprint density at radius 1 is 1.53 bits per heavy atom. The number of amides is 1. The third kappa shape index (κ3) is 2.82. The van der Waals surface area contributed by atoms with Crippen LogP contribution in [0.25, 0.3) is 0 Å². The number of hydrogen-bond acceptors (Lipinski definition) is 2. The summed E-state index contributed by atoms with van der Waals surface area (Å²) in [7, 11) is 0. The van der Waals surface area contributed by atoms with Crippen molar-refractivity contribution in [1.82, 2.24) is 0 Å². The number of nitrogens with zero attached hydrogens (tertiary/aromatic N) is 1. The molecule has 4 heteroatoms. The van der Waals surface area contributed by atoms with Gasteiger partial charge in [-0.3, -0.25) is 4.79 Å². The van der Waals surface area contributed by atoms with Crippen LogP contribution in [0.2, 0.25) is 0 Å². The number of benzene rings is 1. The standard InChI is InChI=1S/C11H7FN2O/c12-10-5-1-3-8(9(10)7-13)4-2-6-11(14)15/h1,3,5H,6H2,(H2,14,15). The summed E-state index contributed by atoms with van der Waals surface area (Å²) in [6.45, 7) is 0. The minimum atomic E-state index is -0.622. The molecule has 0 heterocycles. The number of nitriles is 1. The van der Waals surface area contributed by atoms with E-state index in [0.29, 0.717) is 0 Å². The number of nitrogens with two attached hydrogens (primary N) is 1. The molecule has 1 aromatic carbocycles. The Morgan fingerprint density at radius 3 is 2.87 bits per heavy atom. The molecular weight excluding hydrogens is 195 g/mol. The Balaban J connectivity index is 3.04. The molecule has 0 bridgehead atoms. The van der Waals surface area contributed by atoms with Crippen molar-refractivity contribution in [2.75, 3.05) is 0 Å². The van der Waals surface area contributed by atoms with Crippen molar-refractivity contribution >= 4 is 5.91 Å². The highest BCUT2D eigenvalue weighted by atomic mass is 19.1. The number of rotatable bonds is 1. The van der Waals surface area contributed by atoms with E-state index in [1.54, 1.807) is 6.07 Å². The lowest BCUT2D eigenvalue weighted by atomic mass is 10.1. The summed E-state index contributed by atoms with van der Waals surface area (Å²) >= 11 is 0. The van der Waals surface area contributed by atoms with E-state index >= 15 is 0 Å². The molecule has 0 aliphatic rings. The molecule has 0 aliphatic heterocycles. The third-order valence-electron chi connectivity index (χ3n) is 1.61. The first-order chi connectivity index (χ1) is 7.15.